The molecule has 0 aromatic heterocycles. The maximum atomic E-state index is 11.3. The fraction of sp³-hybridized carbons (Fsp3) is 0. The Morgan fingerprint density at radius 3 is 2.32 bits per heavy atom. The summed E-state index contributed by atoms with van der Waals surface area (Å²) in [4.78, 5) is 11.3. The van der Waals surface area contributed by atoms with Gasteiger partial charge in [0, 0.05) is 11.1 Å². The standard InChI is InChI=1S/C17H13NO/c18-17-15(12-6-2-1-3-7-12)10-13-8-4-5-9-14(13)16(17)11-19/h1-11H,18H2. The summed E-state index contributed by atoms with van der Waals surface area (Å²) < 4.78 is 0. The summed E-state index contributed by atoms with van der Waals surface area (Å²) in [5, 5.41) is 1.92. The second kappa shape index (κ2) is 4.58. The molecule has 0 fully saturated rings. The molecular formula is C17H13NO. The average Bonchev–Trinajstić information content (AvgIpc) is 2.47. The van der Waals surface area contributed by atoms with Crippen molar-refractivity contribution in [3.63, 3.8) is 0 Å². The zero-order valence-corrected chi connectivity index (χ0v) is 10.3. The largest absolute Gasteiger partial charge is 0.398 e. The lowest BCUT2D eigenvalue weighted by atomic mass is 9.95. The van der Waals surface area contributed by atoms with Crippen LogP contribution in [0.25, 0.3) is 21.9 Å². The van der Waals surface area contributed by atoms with Crippen LogP contribution in [0.5, 0.6) is 0 Å². The summed E-state index contributed by atoms with van der Waals surface area (Å²) in [6.07, 6.45) is 0.837. The smallest absolute Gasteiger partial charge is 0.152 e. The van der Waals surface area contributed by atoms with E-state index in [4.69, 9.17) is 5.73 Å². The number of hydrogen-bond donors (Lipinski definition) is 1. The molecule has 0 aliphatic heterocycles. The monoisotopic (exact) mass is 247 g/mol. The van der Waals surface area contributed by atoms with Crippen molar-refractivity contribution in [1.82, 2.24) is 0 Å². The van der Waals surface area contributed by atoms with Crippen LogP contribution >= 0.6 is 0 Å². The van der Waals surface area contributed by atoms with Crippen LogP contribution in [0.4, 0.5) is 5.69 Å². The van der Waals surface area contributed by atoms with E-state index < -0.39 is 0 Å². The number of aldehydes is 1. The number of anilines is 1. The molecule has 0 amide bonds. The maximum absolute atomic E-state index is 11.3. The zero-order valence-electron chi connectivity index (χ0n) is 10.3. The van der Waals surface area contributed by atoms with Gasteiger partial charge in [0.2, 0.25) is 0 Å². The first-order valence-electron chi connectivity index (χ1n) is 6.13. The molecule has 3 aromatic carbocycles. The lowest BCUT2D eigenvalue weighted by molar-refractivity contribution is 0.112. The second-order valence-corrected chi connectivity index (χ2v) is 4.46. The molecule has 0 saturated heterocycles. The Labute approximate surface area is 111 Å². The topological polar surface area (TPSA) is 43.1 Å². The van der Waals surface area contributed by atoms with Crippen molar-refractivity contribution < 1.29 is 4.79 Å². The minimum atomic E-state index is 0.542. The lowest BCUT2D eigenvalue weighted by Crippen LogP contribution is -1.98. The normalized spacial score (nSPS) is 10.5. The number of nitrogen functional groups attached to an aromatic ring is 1. The molecule has 0 spiro atoms. The van der Waals surface area contributed by atoms with E-state index in [1.165, 1.54) is 0 Å². The predicted octanol–water partition coefficient (Wildman–Crippen LogP) is 3.90. The van der Waals surface area contributed by atoms with Crippen molar-refractivity contribution in [1.29, 1.82) is 0 Å². The summed E-state index contributed by atoms with van der Waals surface area (Å²) >= 11 is 0. The van der Waals surface area contributed by atoms with E-state index in [0.717, 1.165) is 28.2 Å². The number of benzene rings is 3. The van der Waals surface area contributed by atoms with Gasteiger partial charge in [-0.3, -0.25) is 4.79 Å². The third-order valence-electron chi connectivity index (χ3n) is 3.33. The third kappa shape index (κ3) is 1.87. The minimum absolute atomic E-state index is 0.542. The van der Waals surface area contributed by atoms with Crippen molar-refractivity contribution in [2.24, 2.45) is 0 Å². The maximum Gasteiger partial charge on any atom is 0.152 e. The molecule has 0 radical (unpaired) electrons. The van der Waals surface area contributed by atoms with Gasteiger partial charge in [-0.2, -0.15) is 0 Å². The first kappa shape index (κ1) is 11.5. The molecule has 0 saturated carbocycles. The number of carbonyl (C=O) groups is 1. The quantitative estimate of drug-likeness (QED) is 0.551. The molecule has 2 nitrogen and oxygen atoms in total. The van der Waals surface area contributed by atoms with E-state index in [9.17, 15) is 4.79 Å². The van der Waals surface area contributed by atoms with Gasteiger partial charge in [0.25, 0.3) is 0 Å². The van der Waals surface area contributed by atoms with E-state index in [1.54, 1.807) is 0 Å². The van der Waals surface area contributed by atoms with Gasteiger partial charge in [-0.05, 0) is 22.4 Å². The van der Waals surface area contributed by atoms with E-state index in [0.29, 0.717) is 11.3 Å². The molecule has 0 heterocycles. The van der Waals surface area contributed by atoms with Crippen LogP contribution in [-0.4, -0.2) is 6.29 Å². The third-order valence-corrected chi connectivity index (χ3v) is 3.33. The second-order valence-electron chi connectivity index (χ2n) is 4.46. The fourth-order valence-corrected chi connectivity index (χ4v) is 2.38. The van der Waals surface area contributed by atoms with Gasteiger partial charge in [-0.15, -0.1) is 0 Å². The molecule has 3 aromatic rings. The van der Waals surface area contributed by atoms with Crippen LogP contribution in [-0.2, 0) is 0 Å². The van der Waals surface area contributed by atoms with Gasteiger partial charge >= 0.3 is 0 Å². The molecule has 0 bridgehead atoms. The first-order valence-corrected chi connectivity index (χ1v) is 6.13. The van der Waals surface area contributed by atoms with Crippen molar-refractivity contribution in [2.75, 3.05) is 5.73 Å². The highest BCUT2D eigenvalue weighted by Crippen LogP contribution is 2.33. The summed E-state index contributed by atoms with van der Waals surface area (Å²) in [5.41, 5.74) is 9.20. The molecule has 19 heavy (non-hydrogen) atoms. The molecule has 0 atom stereocenters. The van der Waals surface area contributed by atoms with Crippen LogP contribution in [0.1, 0.15) is 10.4 Å². The van der Waals surface area contributed by atoms with Gasteiger partial charge in [0.05, 0.1) is 5.69 Å². The Morgan fingerprint density at radius 2 is 1.58 bits per heavy atom. The Bertz CT molecular complexity index is 748. The van der Waals surface area contributed by atoms with E-state index in [2.05, 4.69) is 0 Å². The average molecular weight is 247 g/mol. The highest BCUT2D eigenvalue weighted by molar-refractivity contribution is 6.07. The Balaban J connectivity index is 2.38. The molecule has 0 aliphatic rings. The van der Waals surface area contributed by atoms with Crippen LogP contribution in [0.3, 0.4) is 0 Å². The van der Waals surface area contributed by atoms with Crippen LogP contribution in [0.15, 0.2) is 60.7 Å². The SMILES string of the molecule is Nc1c(-c2ccccc2)cc2ccccc2c1C=O. The number of rotatable bonds is 2. The highest BCUT2D eigenvalue weighted by atomic mass is 16.1. The molecule has 3 rings (SSSR count). The molecule has 92 valence electrons. The van der Waals surface area contributed by atoms with Gasteiger partial charge in [0.1, 0.15) is 0 Å². The van der Waals surface area contributed by atoms with E-state index in [1.807, 2.05) is 60.7 Å². The minimum Gasteiger partial charge on any atom is -0.398 e. The summed E-state index contributed by atoms with van der Waals surface area (Å²) in [6.45, 7) is 0. The van der Waals surface area contributed by atoms with Gasteiger partial charge in [-0.25, -0.2) is 0 Å². The van der Waals surface area contributed by atoms with Crippen LogP contribution in [0.2, 0.25) is 0 Å². The molecule has 0 aliphatic carbocycles. The molecule has 0 unspecified atom stereocenters. The van der Waals surface area contributed by atoms with Gasteiger partial charge < -0.3 is 5.73 Å². The van der Waals surface area contributed by atoms with Crippen molar-refractivity contribution >= 4 is 22.7 Å². The molecule has 2 heteroatoms. The lowest BCUT2D eigenvalue weighted by Gasteiger charge is -2.11. The van der Waals surface area contributed by atoms with Gasteiger partial charge in [-0.1, -0.05) is 54.6 Å². The van der Waals surface area contributed by atoms with Crippen LogP contribution < -0.4 is 5.73 Å². The van der Waals surface area contributed by atoms with E-state index in [-0.39, 0.29) is 0 Å². The summed E-state index contributed by atoms with van der Waals surface area (Å²) in [6, 6.07) is 19.7. The molecular weight excluding hydrogens is 234 g/mol. The van der Waals surface area contributed by atoms with Crippen molar-refractivity contribution in [2.45, 2.75) is 0 Å². The Hall–Kier alpha value is -2.61. The Morgan fingerprint density at radius 1 is 0.895 bits per heavy atom. The number of carbonyl (C=O) groups excluding carboxylic acids is 1. The first-order chi connectivity index (χ1) is 9.31. The summed E-state index contributed by atoms with van der Waals surface area (Å²) in [5.74, 6) is 0. The number of hydrogen-bond acceptors (Lipinski definition) is 2. The van der Waals surface area contributed by atoms with Crippen LogP contribution in [0, 0.1) is 0 Å². The molecule has 2 N–H and O–H groups in total. The number of fused-ring (bicyclic) bond motifs is 1. The fourth-order valence-electron chi connectivity index (χ4n) is 2.38. The van der Waals surface area contributed by atoms with Crippen molar-refractivity contribution in [3.8, 4) is 11.1 Å². The van der Waals surface area contributed by atoms with E-state index >= 15 is 0 Å². The van der Waals surface area contributed by atoms with Gasteiger partial charge in [0.15, 0.2) is 6.29 Å². The zero-order chi connectivity index (χ0) is 13.2. The Kier molecular flexibility index (Phi) is 2.76. The summed E-state index contributed by atoms with van der Waals surface area (Å²) in [7, 11) is 0. The highest BCUT2D eigenvalue weighted by Gasteiger charge is 2.11. The number of nitrogens with two attached hydrogens (primary N) is 1. The predicted molar refractivity (Wildman–Crippen MR) is 79.2 cm³/mol. The van der Waals surface area contributed by atoms with Crippen molar-refractivity contribution in [3.05, 3.63) is 66.2 Å².